The number of aliphatic hydroxyl groups is 5. The molecule has 0 spiro atoms. The van der Waals surface area contributed by atoms with Gasteiger partial charge in [-0.15, -0.1) is 0 Å². The van der Waals surface area contributed by atoms with Crippen molar-refractivity contribution in [1.82, 2.24) is 30.5 Å². The van der Waals surface area contributed by atoms with Crippen LogP contribution in [0.4, 0.5) is 16.3 Å². The Hall–Kier alpha value is -4.80. The highest BCUT2D eigenvalue weighted by atomic mass is 16.7. The number of nitrogens with one attached hydrogen (secondary N) is 5. The van der Waals surface area contributed by atoms with Gasteiger partial charge < -0.3 is 66.3 Å². The molecule has 0 bridgehead atoms. The average Bonchev–Trinajstić information content (AvgIpc) is 3.58. The van der Waals surface area contributed by atoms with Crippen LogP contribution in [0, 0.1) is 0 Å². The van der Waals surface area contributed by atoms with Crippen LogP contribution in [0.3, 0.4) is 0 Å². The standard InChI is InChI=1S/C33H46N8O12/c1-16(43)23(13-42)52-17(2)22(39-18(3)44)14-51-32-26(47)24(45)25(46)27(53-32)31(49)36-11-10-35-30(48)19-5-7-20(8-6-19)40-33(50)41-12-9-21-28(34-4)37-15-38-29(21)41/h5-9,12,15-17,22-27,32,42-43,45-47H,10-11,13-14H2,1-4H3,(H,35,48)(H,36,49)(H,39,44)(H,40,50)(H,34,37,38)/t16-,17?,22-,23?,24?,25?,26?,27?,32?/m0/s1. The van der Waals surface area contributed by atoms with E-state index < -0.39 is 85.4 Å². The summed E-state index contributed by atoms with van der Waals surface area (Å²) in [4.78, 5) is 58.6. The molecular formula is C33H46N8O12. The molecule has 53 heavy (non-hydrogen) atoms. The molecule has 20 nitrogen and oxygen atoms in total. The molecule has 1 fully saturated rings. The molecule has 4 amide bonds. The van der Waals surface area contributed by atoms with E-state index in [2.05, 4.69) is 36.6 Å². The van der Waals surface area contributed by atoms with Crippen LogP contribution >= 0.6 is 0 Å². The molecule has 9 atom stereocenters. The molecular weight excluding hydrogens is 700 g/mol. The van der Waals surface area contributed by atoms with Gasteiger partial charge in [0.1, 0.15) is 36.6 Å². The number of ether oxygens (including phenoxy) is 3. The first-order valence-corrected chi connectivity index (χ1v) is 16.8. The minimum atomic E-state index is -1.85. The summed E-state index contributed by atoms with van der Waals surface area (Å²) in [6.45, 7) is 3.23. The van der Waals surface area contributed by atoms with Crippen molar-refractivity contribution in [2.24, 2.45) is 0 Å². The van der Waals surface area contributed by atoms with Crippen LogP contribution in [0.5, 0.6) is 0 Å². The lowest BCUT2D eigenvalue weighted by molar-refractivity contribution is -0.293. The van der Waals surface area contributed by atoms with Crippen molar-refractivity contribution in [2.45, 2.75) is 75.8 Å². The first kappa shape index (κ1) is 41.0. The Morgan fingerprint density at radius 1 is 0.981 bits per heavy atom. The third-order valence-corrected chi connectivity index (χ3v) is 8.38. The number of carbonyl (C=O) groups excluding carboxylic acids is 4. The van der Waals surface area contributed by atoms with Gasteiger partial charge in [0.15, 0.2) is 18.0 Å². The van der Waals surface area contributed by atoms with E-state index in [1.54, 1.807) is 38.4 Å². The van der Waals surface area contributed by atoms with Gasteiger partial charge in [0, 0.05) is 44.5 Å². The highest BCUT2D eigenvalue weighted by Gasteiger charge is 2.47. The van der Waals surface area contributed by atoms with Crippen molar-refractivity contribution >= 4 is 46.3 Å². The molecule has 1 aliphatic rings. The summed E-state index contributed by atoms with van der Waals surface area (Å²) in [5.41, 5.74) is 1.10. The molecule has 7 unspecified atom stereocenters. The molecule has 0 radical (unpaired) electrons. The lowest BCUT2D eigenvalue weighted by Gasteiger charge is -2.40. The van der Waals surface area contributed by atoms with E-state index in [1.807, 2.05) is 0 Å². The van der Waals surface area contributed by atoms with Gasteiger partial charge in [0.2, 0.25) is 5.91 Å². The Bertz CT molecular complexity index is 1710. The second kappa shape index (κ2) is 18.8. The minimum Gasteiger partial charge on any atom is -0.394 e. The highest BCUT2D eigenvalue weighted by molar-refractivity contribution is 6.00. The van der Waals surface area contributed by atoms with Crippen molar-refractivity contribution in [3.63, 3.8) is 0 Å². The number of nitrogens with zero attached hydrogens (tertiary/aromatic N) is 3. The maximum Gasteiger partial charge on any atom is 0.331 e. The second-order valence-electron chi connectivity index (χ2n) is 12.3. The Labute approximate surface area is 303 Å². The Morgan fingerprint density at radius 2 is 1.68 bits per heavy atom. The molecule has 0 aliphatic carbocycles. The zero-order valence-electron chi connectivity index (χ0n) is 29.5. The third-order valence-electron chi connectivity index (χ3n) is 8.38. The number of benzene rings is 1. The number of hydrogen-bond donors (Lipinski definition) is 10. The molecule has 1 aliphatic heterocycles. The fourth-order valence-corrected chi connectivity index (χ4v) is 5.40. The zero-order valence-corrected chi connectivity index (χ0v) is 29.5. The molecule has 0 saturated carbocycles. The van der Waals surface area contributed by atoms with Crippen LogP contribution in [0.2, 0.25) is 0 Å². The monoisotopic (exact) mass is 746 g/mol. The molecule has 2 aromatic heterocycles. The summed E-state index contributed by atoms with van der Waals surface area (Å²) in [6.07, 6.45) is -8.65. The van der Waals surface area contributed by atoms with E-state index >= 15 is 0 Å². The van der Waals surface area contributed by atoms with Gasteiger partial charge in [0.05, 0.1) is 36.8 Å². The van der Waals surface area contributed by atoms with Gasteiger partial charge in [0.25, 0.3) is 11.8 Å². The molecule has 290 valence electrons. The van der Waals surface area contributed by atoms with Crippen LogP contribution in [0.15, 0.2) is 42.9 Å². The van der Waals surface area contributed by atoms with Crippen LogP contribution in [0.25, 0.3) is 11.0 Å². The van der Waals surface area contributed by atoms with Gasteiger partial charge in [-0.2, -0.15) is 0 Å². The van der Waals surface area contributed by atoms with E-state index in [0.717, 1.165) is 0 Å². The topological polar surface area (TPSA) is 288 Å². The summed E-state index contributed by atoms with van der Waals surface area (Å²) < 4.78 is 18.1. The van der Waals surface area contributed by atoms with Gasteiger partial charge in [-0.3, -0.25) is 19.0 Å². The van der Waals surface area contributed by atoms with Crippen LogP contribution in [-0.2, 0) is 23.8 Å². The predicted octanol–water partition coefficient (Wildman–Crippen LogP) is -2.13. The van der Waals surface area contributed by atoms with Gasteiger partial charge >= 0.3 is 6.03 Å². The first-order valence-electron chi connectivity index (χ1n) is 16.8. The maximum atomic E-state index is 12.9. The number of amides is 4. The smallest absolute Gasteiger partial charge is 0.331 e. The number of hydrogen-bond acceptors (Lipinski definition) is 15. The molecule has 3 aromatic rings. The number of aromatic nitrogens is 3. The number of carbonyl (C=O) groups is 4. The predicted molar refractivity (Wildman–Crippen MR) is 187 cm³/mol. The Balaban J connectivity index is 1.26. The van der Waals surface area contributed by atoms with E-state index in [-0.39, 0.29) is 25.3 Å². The molecule has 3 heterocycles. The SMILES string of the molecule is CNc1ncnc2c1ccn2C(=O)Nc1ccc(C(=O)NCCNC(=O)C2OC(OC[C@H](NC(C)=O)C(C)OC(CO)[C@H](C)O)C(O)C(O)C2O)cc1. The molecule has 20 heteroatoms. The molecule has 10 N–H and O–H groups in total. The lowest BCUT2D eigenvalue weighted by Crippen LogP contribution is -2.62. The van der Waals surface area contributed by atoms with Crippen molar-refractivity contribution in [3.8, 4) is 0 Å². The fraction of sp³-hybridized carbons (Fsp3) is 0.515. The highest BCUT2D eigenvalue weighted by Crippen LogP contribution is 2.24. The minimum absolute atomic E-state index is 0.0360. The lowest BCUT2D eigenvalue weighted by atomic mass is 9.98. The number of anilines is 2. The average molecular weight is 747 g/mol. The largest absolute Gasteiger partial charge is 0.394 e. The molecule has 1 aromatic carbocycles. The van der Waals surface area contributed by atoms with E-state index in [0.29, 0.717) is 22.5 Å². The van der Waals surface area contributed by atoms with Crippen LogP contribution in [-0.4, -0.2) is 152 Å². The van der Waals surface area contributed by atoms with Gasteiger partial charge in [-0.25, -0.2) is 14.8 Å². The summed E-state index contributed by atoms with van der Waals surface area (Å²) in [5, 5.41) is 64.7. The van der Waals surface area contributed by atoms with E-state index in [4.69, 9.17) is 14.2 Å². The summed E-state index contributed by atoms with van der Waals surface area (Å²) in [6, 6.07) is 6.45. The summed E-state index contributed by atoms with van der Waals surface area (Å²) in [5.74, 6) is -1.23. The van der Waals surface area contributed by atoms with Crippen LogP contribution in [0.1, 0.15) is 31.1 Å². The summed E-state index contributed by atoms with van der Waals surface area (Å²) >= 11 is 0. The summed E-state index contributed by atoms with van der Waals surface area (Å²) in [7, 11) is 1.71. The molecule has 4 rings (SSSR count). The van der Waals surface area contributed by atoms with Crippen molar-refractivity contribution in [3.05, 3.63) is 48.4 Å². The van der Waals surface area contributed by atoms with Gasteiger partial charge in [-0.1, -0.05) is 0 Å². The number of aliphatic hydroxyl groups excluding tert-OH is 5. The van der Waals surface area contributed by atoms with Crippen molar-refractivity contribution in [2.75, 3.05) is 44.0 Å². The fourth-order valence-electron chi connectivity index (χ4n) is 5.40. The van der Waals surface area contributed by atoms with E-state index in [9.17, 15) is 44.7 Å². The van der Waals surface area contributed by atoms with Crippen molar-refractivity contribution < 1.29 is 58.9 Å². The zero-order chi connectivity index (χ0) is 38.8. The Morgan fingerprint density at radius 3 is 2.32 bits per heavy atom. The first-order chi connectivity index (χ1) is 25.2. The van der Waals surface area contributed by atoms with Gasteiger partial charge in [-0.05, 0) is 44.2 Å². The second-order valence-corrected chi connectivity index (χ2v) is 12.3. The normalized spacial score (nSPS) is 22.2. The van der Waals surface area contributed by atoms with Crippen LogP contribution < -0.4 is 26.6 Å². The number of fused-ring (bicyclic) bond motifs is 1. The molecule has 1 saturated heterocycles. The van der Waals surface area contributed by atoms with E-state index in [1.165, 1.54) is 36.9 Å². The Kier molecular flexibility index (Phi) is 14.5. The number of rotatable bonds is 16. The quantitative estimate of drug-likeness (QED) is 0.0701. The maximum absolute atomic E-state index is 12.9. The third kappa shape index (κ3) is 10.4. The van der Waals surface area contributed by atoms with Crippen molar-refractivity contribution in [1.29, 1.82) is 0 Å².